The Hall–Kier alpha value is -3.79. The van der Waals surface area contributed by atoms with Crippen molar-refractivity contribution in [1.82, 2.24) is 10.2 Å². The minimum absolute atomic E-state index is 0.0524. The molecule has 0 bridgehead atoms. The van der Waals surface area contributed by atoms with E-state index < -0.39 is 24.0 Å². The molecule has 0 aliphatic heterocycles. The fourth-order valence-corrected chi connectivity index (χ4v) is 4.18. The second-order valence-electron chi connectivity index (χ2n) is 7.92. The summed E-state index contributed by atoms with van der Waals surface area (Å²) >= 11 is 0. The number of nitrogens with zero attached hydrogens (tertiary/aromatic N) is 1. The van der Waals surface area contributed by atoms with Gasteiger partial charge in [-0.2, -0.15) is 0 Å². The van der Waals surface area contributed by atoms with E-state index in [1.54, 1.807) is 0 Å². The van der Waals surface area contributed by atoms with Crippen molar-refractivity contribution < 1.29 is 24.2 Å². The highest BCUT2D eigenvalue weighted by Crippen LogP contribution is 2.44. The van der Waals surface area contributed by atoms with Crippen LogP contribution < -0.4 is 5.32 Å². The van der Waals surface area contributed by atoms with E-state index in [0.717, 1.165) is 22.3 Å². The SMILES string of the molecule is C#CCN(CCC)C(=O)C(CCC(=O)O)NC(=O)OCC1c2ccccc2-c2ccccc21. The number of ether oxygens (including phenoxy) is 1. The second-order valence-corrected chi connectivity index (χ2v) is 7.92. The summed E-state index contributed by atoms with van der Waals surface area (Å²) in [7, 11) is 0. The normalized spacial score (nSPS) is 12.7. The summed E-state index contributed by atoms with van der Waals surface area (Å²) in [6.45, 7) is 2.51. The van der Waals surface area contributed by atoms with Crippen LogP contribution in [0.3, 0.4) is 0 Å². The number of nitrogens with one attached hydrogen (secondary N) is 1. The highest BCUT2D eigenvalue weighted by atomic mass is 16.5. The number of carboxylic acids is 1. The van der Waals surface area contributed by atoms with Crippen molar-refractivity contribution in [3.8, 4) is 23.5 Å². The number of rotatable bonds is 10. The number of carboxylic acid groups (broad SMARTS) is 1. The highest BCUT2D eigenvalue weighted by Gasteiger charge is 2.30. The van der Waals surface area contributed by atoms with Crippen LogP contribution in [0.25, 0.3) is 11.1 Å². The summed E-state index contributed by atoms with van der Waals surface area (Å²) in [6, 6.07) is 14.9. The van der Waals surface area contributed by atoms with Crippen LogP contribution in [0, 0.1) is 12.3 Å². The zero-order valence-electron chi connectivity index (χ0n) is 18.6. The second kappa shape index (κ2) is 11.2. The van der Waals surface area contributed by atoms with E-state index in [0.29, 0.717) is 13.0 Å². The molecular weight excluding hydrogens is 420 g/mol. The summed E-state index contributed by atoms with van der Waals surface area (Å²) in [6.07, 6.45) is 4.96. The zero-order valence-corrected chi connectivity index (χ0v) is 18.6. The Morgan fingerprint density at radius 2 is 1.73 bits per heavy atom. The van der Waals surface area contributed by atoms with Crippen molar-refractivity contribution in [3.63, 3.8) is 0 Å². The lowest BCUT2D eigenvalue weighted by Gasteiger charge is -2.26. The highest BCUT2D eigenvalue weighted by molar-refractivity contribution is 5.86. The number of terminal acetylenes is 1. The minimum Gasteiger partial charge on any atom is -0.481 e. The maximum absolute atomic E-state index is 12.9. The fraction of sp³-hybridized carbons (Fsp3) is 0.346. The van der Waals surface area contributed by atoms with Crippen LogP contribution in [-0.2, 0) is 14.3 Å². The molecule has 2 N–H and O–H groups in total. The van der Waals surface area contributed by atoms with Crippen molar-refractivity contribution in [3.05, 3.63) is 59.7 Å². The fourth-order valence-electron chi connectivity index (χ4n) is 4.18. The Bertz CT molecular complexity index is 1010. The van der Waals surface area contributed by atoms with Crippen molar-refractivity contribution in [1.29, 1.82) is 0 Å². The van der Waals surface area contributed by atoms with Gasteiger partial charge in [0.15, 0.2) is 0 Å². The molecule has 7 heteroatoms. The Labute approximate surface area is 193 Å². The lowest BCUT2D eigenvalue weighted by Crippen LogP contribution is -2.49. The largest absolute Gasteiger partial charge is 0.481 e. The van der Waals surface area contributed by atoms with Crippen LogP contribution in [0.5, 0.6) is 0 Å². The molecule has 0 fully saturated rings. The number of aliphatic carboxylic acids is 1. The third kappa shape index (κ3) is 5.72. The van der Waals surface area contributed by atoms with E-state index in [1.165, 1.54) is 4.90 Å². The first-order valence-electron chi connectivity index (χ1n) is 11.0. The van der Waals surface area contributed by atoms with E-state index >= 15 is 0 Å². The third-order valence-electron chi connectivity index (χ3n) is 5.67. The van der Waals surface area contributed by atoms with Crippen LogP contribution in [0.2, 0.25) is 0 Å². The first-order valence-corrected chi connectivity index (χ1v) is 11.0. The lowest BCUT2D eigenvalue weighted by atomic mass is 9.98. The van der Waals surface area contributed by atoms with Gasteiger partial charge in [0.05, 0.1) is 6.54 Å². The quantitative estimate of drug-likeness (QED) is 0.541. The average molecular weight is 449 g/mol. The maximum Gasteiger partial charge on any atom is 0.407 e. The molecule has 172 valence electrons. The van der Waals surface area contributed by atoms with Gasteiger partial charge in [0, 0.05) is 18.9 Å². The topological polar surface area (TPSA) is 95.9 Å². The third-order valence-corrected chi connectivity index (χ3v) is 5.67. The number of carbonyl (C=O) groups excluding carboxylic acids is 2. The van der Waals surface area contributed by atoms with Gasteiger partial charge < -0.3 is 20.1 Å². The van der Waals surface area contributed by atoms with Crippen LogP contribution >= 0.6 is 0 Å². The average Bonchev–Trinajstić information content (AvgIpc) is 3.13. The molecule has 0 aromatic heterocycles. The minimum atomic E-state index is -1.05. The summed E-state index contributed by atoms with van der Waals surface area (Å²) in [5.41, 5.74) is 4.38. The monoisotopic (exact) mass is 448 g/mol. The zero-order chi connectivity index (χ0) is 23.8. The number of carbonyl (C=O) groups is 3. The van der Waals surface area contributed by atoms with E-state index in [2.05, 4.69) is 11.2 Å². The molecule has 7 nitrogen and oxygen atoms in total. The molecule has 0 saturated carbocycles. The first kappa shape index (κ1) is 23.9. The van der Waals surface area contributed by atoms with Gasteiger partial charge in [-0.3, -0.25) is 9.59 Å². The van der Waals surface area contributed by atoms with E-state index in [1.807, 2.05) is 55.5 Å². The molecule has 0 radical (unpaired) electrons. The summed E-state index contributed by atoms with van der Waals surface area (Å²) in [5.74, 6) is 0.849. The molecule has 2 aromatic rings. The number of hydrogen-bond donors (Lipinski definition) is 2. The first-order chi connectivity index (χ1) is 16.0. The maximum atomic E-state index is 12.9. The standard InChI is InChI=1S/C26H28N2O5/c1-3-15-28(16-4-2)25(31)23(13-14-24(29)30)27-26(32)33-17-22-20-11-7-5-9-18(20)19-10-6-8-12-21(19)22/h1,5-12,22-23H,4,13-17H2,2H3,(H,27,32)(H,29,30). The van der Waals surface area contributed by atoms with Gasteiger partial charge in [-0.1, -0.05) is 61.4 Å². The molecular formula is C26H28N2O5. The van der Waals surface area contributed by atoms with Gasteiger partial charge in [0.2, 0.25) is 5.91 Å². The summed E-state index contributed by atoms with van der Waals surface area (Å²) in [5, 5.41) is 11.6. The molecule has 0 saturated heterocycles. The predicted molar refractivity (Wildman–Crippen MR) is 125 cm³/mol. The van der Waals surface area contributed by atoms with Gasteiger partial charge in [0.1, 0.15) is 12.6 Å². The molecule has 1 atom stereocenters. The van der Waals surface area contributed by atoms with Gasteiger partial charge in [0.25, 0.3) is 0 Å². The number of benzene rings is 2. The summed E-state index contributed by atoms with van der Waals surface area (Å²) < 4.78 is 5.52. The van der Waals surface area contributed by atoms with Gasteiger partial charge in [-0.25, -0.2) is 4.79 Å². The smallest absolute Gasteiger partial charge is 0.407 e. The Kier molecular flexibility index (Phi) is 8.09. The van der Waals surface area contributed by atoms with E-state index in [9.17, 15) is 14.4 Å². The van der Waals surface area contributed by atoms with E-state index in [4.69, 9.17) is 16.3 Å². The van der Waals surface area contributed by atoms with Crippen LogP contribution in [0.15, 0.2) is 48.5 Å². The molecule has 0 spiro atoms. The van der Waals surface area contributed by atoms with Crippen LogP contribution in [-0.4, -0.2) is 53.7 Å². The van der Waals surface area contributed by atoms with Gasteiger partial charge >= 0.3 is 12.1 Å². The molecule has 2 aromatic carbocycles. The molecule has 1 unspecified atom stereocenters. The molecule has 3 rings (SSSR count). The van der Waals surface area contributed by atoms with Crippen molar-refractivity contribution in [2.45, 2.75) is 38.1 Å². The molecule has 1 aliphatic carbocycles. The van der Waals surface area contributed by atoms with Gasteiger partial charge in [-0.15, -0.1) is 6.42 Å². The van der Waals surface area contributed by atoms with Crippen LogP contribution in [0.1, 0.15) is 43.2 Å². The van der Waals surface area contributed by atoms with Crippen molar-refractivity contribution in [2.24, 2.45) is 0 Å². The number of amides is 2. The number of fused-ring (bicyclic) bond motifs is 3. The van der Waals surface area contributed by atoms with Crippen molar-refractivity contribution in [2.75, 3.05) is 19.7 Å². The molecule has 33 heavy (non-hydrogen) atoms. The molecule has 0 heterocycles. The lowest BCUT2D eigenvalue weighted by molar-refractivity contribution is -0.138. The van der Waals surface area contributed by atoms with Crippen LogP contribution in [0.4, 0.5) is 4.79 Å². The molecule has 2 amide bonds. The van der Waals surface area contributed by atoms with Crippen molar-refractivity contribution >= 4 is 18.0 Å². The number of alkyl carbamates (subject to hydrolysis) is 1. The Morgan fingerprint density at radius 3 is 2.27 bits per heavy atom. The number of hydrogen-bond acceptors (Lipinski definition) is 4. The predicted octanol–water partition coefficient (Wildman–Crippen LogP) is 3.63. The van der Waals surface area contributed by atoms with Gasteiger partial charge in [-0.05, 0) is 35.1 Å². The molecule has 1 aliphatic rings. The summed E-state index contributed by atoms with van der Waals surface area (Å²) in [4.78, 5) is 38.1. The Morgan fingerprint density at radius 1 is 1.12 bits per heavy atom. The Balaban J connectivity index is 1.70. The van der Waals surface area contributed by atoms with E-state index in [-0.39, 0.29) is 31.9 Å².